The van der Waals surface area contributed by atoms with Gasteiger partial charge in [0.05, 0.1) is 38.6 Å². The number of nitrogens with zero attached hydrogens (tertiary/aromatic N) is 2. The van der Waals surface area contributed by atoms with E-state index in [0.29, 0.717) is 54.0 Å². The van der Waals surface area contributed by atoms with Gasteiger partial charge in [0.2, 0.25) is 23.1 Å². The number of ether oxygens (including phenoxy) is 5. The molecule has 1 saturated carbocycles. The molecule has 1 aromatic carbocycles. The number of benzene rings is 1. The lowest BCUT2D eigenvalue weighted by molar-refractivity contribution is -0.120. The summed E-state index contributed by atoms with van der Waals surface area (Å²) in [6, 6.07) is 3.41. The summed E-state index contributed by atoms with van der Waals surface area (Å²) >= 11 is 0. The van der Waals surface area contributed by atoms with Crippen LogP contribution in [0.1, 0.15) is 12.8 Å². The van der Waals surface area contributed by atoms with Crippen molar-refractivity contribution in [3.63, 3.8) is 0 Å². The van der Waals surface area contributed by atoms with Crippen LogP contribution in [-0.4, -0.2) is 62.7 Å². The van der Waals surface area contributed by atoms with Crippen LogP contribution in [-0.2, 0) is 23.8 Å². The summed E-state index contributed by atoms with van der Waals surface area (Å²) in [7, 11) is 4.44. The third kappa shape index (κ3) is 4.90. The van der Waals surface area contributed by atoms with E-state index in [2.05, 4.69) is 15.3 Å². The van der Waals surface area contributed by atoms with Gasteiger partial charge in [0.25, 0.3) is 0 Å². The number of carbonyl (C=O) groups is 2. The number of Topliss-reactive ketones (excluding diaryl/α,β-unsaturated/α-hetero) is 1. The number of rotatable bonds is 11. The number of methoxy groups -OCH3 is 3. The molecule has 0 amide bonds. The lowest BCUT2D eigenvalue weighted by Gasteiger charge is -2.19. The molecule has 0 aliphatic heterocycles. The van der Waals surface area contributed by atoms with Crippen LogP contribution in [0.2, 0.25) is 0 Å². The largest absolute Gasteiger partial charge is 0.493 e. The summed E-state index contributed by atoms with van der Waals surface area (Å²) in [6.45, 7) is 1.15. The monoisotopic (exact) mass is 455 g/mol. The van der Waals surface area contributed by atoms with Crippen molar-refractivity contribution in [1.82, 2.24) is 9.97 Å². The highest BCUT2D eigenvalue weighted by atomic mass is 16.5. The van der Waals surface area contributed by atoms with Gasteiger partial charge in [-0.15, -0.1) is 0 Å². The average molecular weight is 455 g/mol. The molecule has 0 bridgehead atoms. The zero-order valence-corrected chi connectivity index (χ0v) is 18.7. The third-order valence-corrected chi connectivity index (χ3v) is 5.24. The van der Waals surface area contributed by atoms with Crippen molar-refractivity contribution in [3.05, 3.63) is 41.8 Å². The smallest absolute Gasteiger partial charge is 0.247 e. The predicted octanol–water partition coefficient (Wildman–Crippen LogP) is 2.40. The molecular formula is C23H25N3O7. The first-order chi connectivity index (χ1) is 16.0. The van der Waals surface area contributed by atoms with E-state index >= 15 is 0 Å². The maximum Gasteiger partial charge on any atom is 0.247 e. The van der Waals surface area contributed by atoms with Gasteiger partial charge in [0.1, 0.15) is 18.8 Å². The fourth-order valence-electron chi connectivity index (χ4n) is 3.30. The molecule has 10 heteroatoms. The van der Waals surface area contributed by atoms with Gasteiger partial charge in [-0.05, 0) is 24.8 Å². The van der Waals surface area contributed by atoms with Crippen molar-refractivity contribution < 1.29 is 33.3 Å². The fourth-order valence-corrected chi connectivity index (χ4v) is 3.30. The number of ketones is 2. The molecule has 0 unspecified atom stereocenters. The first kappa shape index (κ1) is 22.5. The standard InChI is InChI=1S/C23H25N3O7/c1-29-6-7-32-19-10-15-14(8-18(19)30-2)23(25-12-24-15)26-16-9-17(27)21(22(31-3)20(16)28)33-11-13-4-5-13/h8-10,12-13H,4-7,11H2,1-3H3,(H,24,25,26). The second-order valence-corrected chi connectivity index (χ2v) is 7.58. The molecule has 2 aromatic rings. The Balaban J connectivity index is 1.61. The first-order valence-corrected chi connectivity index (χ1v) is 10.5. The lowest BCUT2D eigenvalue weighted by Crippen LogP contribution is -2.26. The Bertz CT molecular complexity index is 1140. The molecule has 1 fully saturated rings. The summed E-state index contributed by atoms with van der Waals surface area (Å²) in [4.78, 5) is 34.2. The van der Waals surface area contributed by atoms with Gasteiger partial charge < -0.3 is 29.0 Å². The molecule has 174 valence electrons. The molecule has 0 atom stereocenters. The number of carbonyl (C=O) groups excluding carboxylic acids is 2. The maximum absolute atomic E-state index is 13.0. The minimum atomic E-state index is -0.499. The van der Waals surface area contributed by atoms with Crippen molar-refractivity contribution in [3.8, 4) is 11.5 Å². The van der Waals surface area contributed by atoms with Crippen LogP contribution in [0.15, 0.2) is 41.8 Å². The molecule has 1 N–H and O–H groups in total. The molecule has 0 radical (unpaired) electrons. The molecule has 0 saturated heterocycles. The second-order valence-electron chi connectivity index (χ2n) is 7.58. The molecule has 0 spiro atoms. The quantitative estimate of drug-likeness (QED) is 0.400. The van der Waals surface area contributed by atoms with E-state index in [1.54, 1.807) is 19.2 Å². The van der Waals surface area contributed by atoms with Gasteiger partial charge >= 0.3 is 0 Å². The van der Waals surface area contributed by atoms with E-state index in [4.69, 9.17) is 23.7 Å². The molecule has 2 aliphatic carbocycles. The minimum Gasteiger partial charge on any atom is -0.493 e. The number of nitrogens with one attached hydrogen (secondary N) is 1. The minimum absolute atomic E-state index is 0.0232. The van der Waals surface area contributed by atoms with E-state index in [-0.39, 0.29) is 17.2 Å². The molecule has 10 nitrogen and oxygen atoms in total. The van der Waals surface area contributed by atoms with Crippen molar-refractivity contribution in [2.24, 2.45) is 5.92 Å². The van der Waals surface area contributed by atoms with Gasteiger partial charge in [-0.3, -0.25) is 9.59 Å². The van der Waals surface area contributed by atoms with E-state index < -0.39 is 11.6 Å². The Morgan fingerprint density at radius 3 is 2.48 bits per heavy atom. The molecule has 4 rings (SSSR count). The zero-order valence-electron chi connectivity index (χ0n) is 18.7. The molecule has 1 aromatic heterocycles. The topological polar surface area (TPSA) is 118 Å². The molecular weight excluding hydrogens is 430 g/mol. The number of hydrogen-bond acceptors (Lipinski definition) is 10. The van der Waals surface area contributed by atoms with E-state index in [1.807, 2.05) is 0 Å². The highest BCUT2D eigenvalue weighted by molar-refractivity contribution is 6.22. The van der Waals surface area contributed by atoms with Crippen LogP contribution in [0.5, 0.6) is 11.5 Å². The summed E-state index contributed by atoms with van der Waals surface area (Å²) in [5.41, 5.74) is 0.585. The highest BCUT2D eigenvalue weighted by Crippen LogP contribution is 2.35. The molecule has 1 heterocycles. The van der Waals surface area contributed by atoms with Crippen LogP contribution in [0.3, 0.4) is 0 Å². The first-order valence-electron chi connectivity index (χ1n) is 10.5. The van der Waals surface area contributed by atoms with Crippen molar-refractivity contribution in [2.75, 3.05) is 46.5 Å². The van der Waals surface area contributed by atoms with Gasteiger partial charge in [-0.1, -0.05) is 0 Å². The second kappa shape index (κ2) is 9.86. The summed E-state index contributed by atoms with van der Waals surface area (Å²) in [5.74, 6) is 0.573. The Morgan fingerprint density at radius 1 is 0.970 bits per heavy atom. The van der Waals surface area contributed by atoms with Crippen molar-refractivity contribution >= 4 is 28.3 Å². The Kier molecular flexibility index (Phi) is 6.74. The Hall–Kier alpha value is -3.66. The third-order valence-electron chi connectivity index (χ3n) is 5.24. The van der Waals surface area contributed by atoms with Crippen molar-refractivity contribution in [1.29, 1.82) is 0 Å². The zero-order chi connectivity index (χ0) is 23.4. The van der Waals surface area contributed by atoms with E-state index in [1.165, 1.54) is 26.6 Å². The van der Waals surface area contributed by atoms with Crippen LogP contribution >= 0.6 is 0 Å². The Labute approximate surface area is 190 Å². The van der Waals surface area contributed by atoms with E-state index in [9.17, 15) is 9.59 Å². The number of hydrogen-bond donors (Lipinski definition) is 1. The summed E-state index contributed by atoms with van der Waals surface area (Å²) in [6.07, 6.45) is 4.66. The normalized spacial score (nSPS) is 16.0. The van der Waals surface area contributed by atoms with Gasteiger partial charge in [0.15, 0.2) is 11.5 Å². The van der Waals surface area contributed by atoms with Gasteiger partial charge in [0, 0.05) is 24.6 Å². The maximum atomic E-state index is 13.0. The summed E-state index contributed by atoms with van der Waals surface area (Å²) < 4.78 is 27.0. The van der Waals surface area contributed by atoms with E-state index in [0.717, 1.165) is 12.8 Å². The lowest BCUT2D eigenvalue weighted by atomic mass is 10.1. The van der Waals surface area contributed by atoms with Crippen LogP contribution in [0.4, 0.5) is 5.82 Å². The number of fused-ring (bicyclic) bond motifs is 1. The number of allylic oxidation sites excluding steroid dienone is 1. The molecule has 33 heavy (non-hydrogen) atoms. The average Bonchev–Trinajstić information content (AvgIpc) is 3.64. The van der Waals surface area contributed by atoms with Crippen LogP contribution in [0, 0.1) is 5.92 Å². The van der Waals surface area contributed by atoms with Crippen molar-refractivity contribution in [2.45, 2.75) is 12.8 Å². The van der Waals surface area contributed by atoms with Gasteiger partial charge in [-0.2, -0.15) is 0 Å². The van der Waals surface area contributed by atoms with Gasteiger partial charge in [-0.25, -0.2) is 9.97 Å². The van der Waals surface area contributed by atoms with Crippen LogP contribution < -0.4 is 14.8 Å². The van der Waals surface area contributed by atoms with Crippen LogP contribution in [0.25, 0.3) is 10.9 Å². The Morgan fingerprint density at radius 2 is 1.79 bits per heavy atom. The summed E-state index contributed by atoms with van der Waals surface area (Å²) in [5, 5.41) is 3.52. The predicted molar refractivity (Wildman–Crippen MR) is 118 cm³/mol. The molecule has 2 aliphatic rings. The number of aromatic nitrogens is 2. The SMILES string of the molecule is COCCOc1cc2ncnc(NC3=CC(=O)C(OCC4CC4)=C(OC)C3=O)c2cc1OC. The highest BCUT2D eigenvalue weighted by Gasteiger charge is 2.33. The fraction of sp³-hybridized carbons (Fsp3) is 0.391. The number of anilines is 1.